The lowest BCUT2D eigenvalue weighted by molar-refractivity contribution is 0.0545. The van der Waals surface area contributed by atoms with E-state index in [0.717, 1.165) is 60.3 Å². The molecule has 6 heteroatoms. The molecule has 1 aromatic carbocycles. The first-order chi connectivity index (χ1) is 15.6. The Morgan fingerprint density at radius 1 is 1.16 bits per heavy atom. The maximum Gasteiger partial charge on any atom is 0.118 e. The molecule has 3 N–H and O–H groups in total. The van der Waals surface area contributed by atoms with E-state index in [1.54, 1.807) is 18.3 Å². The van der Waals surface area contributed by atoms with Gasteiger partial charge in [-0.05, 0) is 73.8 Å². The summed E-state index contributed by atoms with van der Waals surface area (Å²) in [6.07, 6.45) is 10.0. The van der Waals surface area contributed by atoms with Crippen LogP contribution in [0.25, 0.3) is 10.9 Å². The van der Waals surface area contributed by atoms with E-state index in [9.17, 15) is 0 Å². The zero-order valence-electron chi connectivity index (χ0n) is 18.6. The van der Waals surface area contributed by atoms with E-state index < -0.39 is 0 Å². The Kier molecular flexibility index (Phi) is 6.32. The van der Waals surface area contributed by atoms with Crippen molar-refractivity contribution in [3.8, 4) is 0 Å². The number of hydrogen-bond acceptors (Lipinski definition) is 5. The van der Waals surface area contributed by atoms with Gasteiger partial charge in [0, 0.05) is 50.0 Å². The molecule has 168 valence electrons. The molecule has 3 heterocycles. The van der Waals surface area contributed by atoms with Crippen molar-refractivity contribution in [2.24, 2.45) is 28.5 Å². The van der Waals surface area contributed by atoms with Crippen molar-refractivity contribution in [2.75, 3.05) is 32.8 Å². The van der Waals surface area contributed by atoms with Gasteiger partial charge < -0.3 is 20.8 Å². The fraction of sp³-hybridized carbons (Fsp3) is 0.500. The van der Waals surface area contributed by atoms with E-state index >= 15 is 0 Å². The summed E-state index contributed by atoms with van der Waals surface area (Å²) in [5.74, 6) is 2.85. The van der Waals surface area contributed by atoms with Crippen molar-refractivity contribution in [2.45, 2.75) is 31.7 Å². The number of rotatable bonds is 6. The first-order valence-corrected chi connectivity index (χ1v) is 11.9. The molecular weight excluding hydrogens is 398 g/mol. The van der Waals surface area contributed by atoms with Crippen LogP contribution in [0.3, 0.4) is 0 Å². The minimum Gasteiger partial charge on any atom is -0.384 e. The molecule has 32 heavy (non-hydrogen) atoms. The molecule has 0 bridgehead atoms. The number of aliphatic imine (C=N–C) groups is 1. The van der Waals surface area contributed by atoms with E-state index in [-0.39, 0.29) is 0 Å². The highest BCUT2D eigenvalue weighted by Gasteiger charge is 2.41. The highest BCUT2D eigenvalue weighted by Crippen LogP contribution is 2.40. The average Bonchev–Trinajstić information content (AvgIpc) is 3.35. The number of nitrogens with zero attached hydrogens (tertiary/aromatic N) is 3. The van der Waals surface area contributed by atoms with E-state index in [2.05, 4.69) is 9.88 Å². The Labute approximate surface area is 190 Å². The Bertz CT molecular complexity index is 1010. The molecule has 1 saturated carbocycles. The van der Waals surface area contributed by atoms with Crippen LogP contribution in [0.4, 0.5) is 0 Å². The van der Waals surface area contributed by atoms with Crippen LogP contribution < -0.4 is 5.73 Å². The smallest absolute Gasteiger partial charge is 0.118 e. The number of nitrogens with one attached hydrogen (secondary N) is 1. The van der Waals surface area contributed by atoms with Gasteiger partial charge in [0.1, 0.15) is 5.84 Å². The quantitative estimate of drug-likeness (QED) is 0.540. The number of amidine groups is 1. The Hall–Kier alpha value is -2.57. The Balaban J connectivity index is 1.13. The van der Waals surface area contributed by atoms with Crippen molar-refractivity contribution in [1.82, 2.24) is 9.88 Å². The van der Waals surface area contributed by atoms with Gasteiger partial charge in [-0.1, -0.05) is 12.1 Å². The predicted molar refractivity (Wildman–Crippen MR) is 129 cm³/mol. The Morgan fingerprint density at radius 3 is 2.72 bits per heavy atom. The maximum atomic E-state index is 8.38. The van der Waals surface area contributed by atoms with Gasteiger partial charge in [-0.2, -0.15) is 0 Å². The van der Waals surface area contributed by atoms with Gasteiger partial charge >= 0.3 is 0 Å². The van der Waals surface area contributed by atoms with Crippen LogP contribution in [-0.4, -0.2) is 60.3 Å². The van der Waals surface area contributed by atoms with E-state index in [0.29, 0.717) is 17.6 Å². The number of ether oxygens (including phenoxy) is 1. The second-order valence-corrected chi connectivity index (χ2v) is 9.63. The first kappa shape index (κ1) is 21.3. The van der Waals surface area contributed by atoms with Crippen LogP contribution in [0.2, 0.25) is 0 Å². The van der Waals surface area contributed by atoms with Crippen LogP contribution in [0.15, 0.2) is 53.7 Å². The zero-order chi connectivity index (χ0) is 21.9. The third kappa shape index (κ3) is 4.92. The number of hydrogen-bond donors (Lipinski definition) is 2. The average molecular weight is 432 g/mol. The van der Waals surface area contributed by atoms with Gasteiger partial charge in [0.2, 0.25) is 0 Å². The fourth-order valence-electron chi connectivity index (χ4n) is 5.68. The molecule has 2 saturated heterocycles. The highest BCUT2D eigenvalue weighted by atomic mass is 16.5. The van der Waals surface area contributed by atoms with E-state index in [1.165, 1.54) is 32.5 Å². The second-order valence-electron chi connectivity index (χ2n) is 9.63. The van der Waals surface area contributed by atoms with Gasteiger partial charge in [0.15, 0.2) is 0 Å². The number of fused-ring (bicyclic) bond motifs is 2. The lowest BCUT2D eigenvalue weighted by Gasteiger charge is -2.27. The van der Waals surface area contributed by atoms with E-state index in [4.69, 9.17) is 20.9 Å². The molecule has 3 atom stereocenters. The molecule has 5 rings (SSSR count). The number of benzene rings is 1. The summed E-state index contributed by atoms with van der Waals surface area (Å²) in [6, 6.07) is 10.1. The largest absolute Gasteiger partial charge is 0.384 e. The second kappa shape index (κ2) is 9.51. The van der Waals surface area contributed by atoms with Gasteiger partial charge in [0.05, 0.1) is 17.3 Å². The predicted octanol–water partition coefficient (Wildman–Crippen LogP) is 3.65. The van der Waals surface area contributed by atoms with Gasteiger partial charge in [-0.25, -0.2) is 0 Å². The van der Waals surface area contributed by atoms with Gasteiger partial charge in [-0.3, -0.25) is 9.98 Å². The summed E-state index contributed by atoms with van der Waals surface area (Å²) >= 11 is 0. The minimum absolute atomic E-state index is 0.320. The van der Waals surface area contributed by atoms with Crippen molar-refractivity contribution < 1.29 is 4.74 Å². The first-order valence-electron chi connectivity index (χ1n) is 11.9. The SMILES string of the molecule is N=C(/C=C\C(N)=NC1CC2CN(CC3CCOCC3)C[C@@H]2C1)c1ccc2ncccc2c1. The summed E-state index contributed by atoms with van der Waals surface area (Å²) in [6.45, 7) is 5.54. The van der Waals surface area contributed by atoms with Gasteiger partial charge in [-0.15, -0.1) is 0 Å². The molecule has 2 aromatic rings. The summed E-state index contributed by atoms with van der Waals surface area (Å²) in [5, 5.41) is 9.42. The van der Waals surface area contributed by atoms with Crippen molar-refractivity contribution in [3.63, 3.8) is 0 Å². The van der Waals surface area contributed by atoms with Crippen LogP contribution in [0, 0.1) is 23.2 Å². The van der Waals surface area contributed by atoms with Crippen molar-refractivity contribution >= 4 is 22.5 Å². The lowest BCUT2D eigenvalue weighted by atomic mass is 10.00. The molecule has 2 unspecified atom stereocenters. The number of pyridine rings is 1. The van der Waals surface area contributed by atoms with Crippen molar-refractivity contribution in [1.29, 1.82) is 5.41 Å². The highest BCUT2D eigenvalue weighted by molar-refractivity contribution is 6.11. The Morgan fingerprint density at radius 2 is 1.94 bits per heavy atom. The van der Waals surface area contributed by atoms with Gasteiger partial charge in [0.25, 0.3) is 0 Å². The van der Waals surface area contributed by atoms with Crippen LogP contribution >= 0.6 is 0 Å². The molecule has 6 nitrogen and oxygen atoms in total. The third-order valence-corrected chi connectivity index (χ3v) is 7.33. The number of nitrogens with two attached hydrogens (primary N) is 1. The molecule has 3 aliphatic rings. The standard InChI is InChI=1S/C26H33N5O/c27-24(19-3-5-25-20(12-19)2-1-9-29-25)4-6-26(28)30-23-13-21-16-31(17-22(21)14-23)15-18-7-10-32-11-8-18/h1-6,9,12,18,21-23,27H,7-8,10-11,13-17H2,(H2,28,30)/b6-4-,27-24?/t21-,22?,23?/m0/s1. The lowest BCUT2D eigenvalue weighted by Crippen LogP contribution is -2.32. The third-order valence-electron chi connectivity index (χ3n) is 7.33. The van der Waals surface area contributed by atoms with Crippen molar-refractivity contribution in [3.05, 3.63) is 54.2 Å². The molecule has 0 amide bonds. The van der Waals surface area contributed by atoms with Crippen LogP contribution in [0.5, 0.6) is 0 Å². The van der Waals surface area contributed by atoms with Crippen LogP contribution in [0.1, 0.15) is 31.2 Å². The number of allylic oxidation sites excluding steroid dienone is 1. The maximum absolute atomic E-state index is 8.38. The molecule has 0 spiro atoms. The molecule has 3 fully saturated rings. The summed E-state index contributed by atoms with van der Waals surface area (Å²) < 4.78 is 5.50. The molecule has 1 aliphatic carbocycles. The number of likely N-dealkylation sites (tertiary alicyclic amines) is 1. The van der Waals surface area contributed by atoms with E-state index in [1.807, 2.05) is 30.3 Å². The fourth-order valence-corrected chi connectivity index (χ4v) is 5.68. The number of aromatic nitrogens is 1. The summed E-state index contributed by atoms with van der Waals surface area (Å²) in [5.41, 5.74) is 8.43. The zero-order valence-corrected chi connectivity index (χ0v) is 18.6. The monoisotopic (exact) mass is 431 g/mol. The summed E-state index contributed by atoms with van der Waals surface area (Å²) in [7, 11) is 0. The molecular formula is C26H33N5O. The minimum atomic E-state index is 0.320. The molecule has 2 aliphatic heterocycles. The molecule has 0 radical (unpaired) electrons. The summed E-state index contributed by atoms with van der Waals surface area (Å²) in [4.78, 5) is 11.8. The normalized spacial score (nSPS) is 27.4. The topological polar surface area (TPSA) is 87.6 Å². The van der Waals surface area contributed by atoms with Crippen LogP contribution in [-0.2, 0) is 4.74 Å². The molecule has 1 aromatic heterocycles.